The summed E-state index contributed by atoms with van der Waals surface area (Å²) in [5.74, 6) is -2.26. The molecule has 0 fully saturated rings. The second-order valence-electron chi connectivity index (χ2n) is 26.2. The Morgan fingerprint density at radius 3 is 0.899 bits per heavy atom. The van der Waals surface area contributed by atoms with E-state index in [4.69, 9.17) is 18.9 Å². The number of allylic oxidation sites excluding steroid dienone is 16. The molecule has 0 heterocycles. The predicted molar refractivity (Wildman–Crippen MR) is 380 cm³/mol. The minimum Gasteiger partial charge on any atom is -0.545 e. The maximum atomic E-state index is 13.0. The van der Waals surface area contributed by atoms with E-state index in [1.807, 2.05) is 21.1 Å². The van der Waals surface area contributed by atoms with Gasteiger partial charge in [-0.25, -0.2) is 0 Å². The van der Waals surface area contributed by atoms with Gasteiger partial charge in [-0.2, -0.15) is 0 Å². The minimum absolute atomic E-state index is 0.147. The molecule has 0 rings (SSSR count). The molecule has 0 saturated heterocycles. The third kappa shape index (κ3) is 71.5. The van der Waals surface area contributed by atoms with Crippen molar-refractivity contribution in [2.24, 2.45) is 0 Å². The van der Waals surface area contributed by atoms with E-state index in [1.54, 1.807) is 0 Å². The van der Waals surface area contributed by atoms with Crippen molar-refractivity contribution < 1.29 is 42.9 Å². The number of hydrogen-bond acceptors (Lipinski definition) is 8. The van der Waals surface area contributed by atoms with Gasteiger partial charge in [-0.1, -0.05) is 329 Å². The number of quaternary nitrogens is 1. The Balaban J connectivity index is 4.04. The van der Waals surface area contributed by atoms with Crippen LogP contribution in [0.3, 0.4) is 0 Å². The molecule has 0 bridgehead atoms. The van der Waals surface area contributed by atoms with Crippen molar-refractivity contribution in [1.82, 2.24) is 0 Å². The molecule has 0 amide bonds. The zero-order chi connectivity index (χ0) is 64.7. The van der Waals surface area contributed by atoms with Gasteiger partial charge in [0.15, 0.2) is 12.4 Å². The lowest BCUT2D eigenvalue weighted by atomic mass is 10.0. The number of carbonyl (C=O) groups is 3. The van der Waals surface area contributed by atoms with Crippen LogP contribution in [0.5, 0.6) is 0 Å². The highest BCUT2D eigenvalue weighted by atomic mass is 16.7. The number of nitrogens with zero attached hydrogens (tertiary/aromatic N) is 1. The molecule has 0 N–H and O–H groups in total. The van der Waals surface area contributed by atoms with Gasteiger partial charge in [0.05, 0.1) is 40.3 Å². The fourth-order valence-corrected chi connectivity index (χ4v) is 10.7. The number of hydrogen-bond donors (Lipinski definition) is 0. The van der Waals surface area contributed by atoms with Crippen molar-refractivity contribution in [1.29, 1.82) is 0 Å². The summed E-state index contributed by atoms with van der Waals surface area (Å²) in [5.41, 5.74) is 0. The molecule has 0 aromatic heterocycles. The molecule has 9 heteroatoms. The standard InChI is InChI=1S/C80H141NO8/c1-6-8-10-12-14-16-18-20-22-24-26-28-30-32-34-36-38-39-41-43-45-47-49-51-53-55-57-59-61-63-65-67-69-71-78(83)89-76(75-88-80(79(84)85)86-73-72-81(3,4)5)74-87-77(82)70-68-66-64-62-60-58-56-54-52-50-48-46-44-42-40-37-35-33-31-29-27-25-23-21-19-17-15-13-11-9-7-2/h8-11,14-17,20-23,26-29,76,80H,6-7,12-13,18-19,24-25,30-75H2,1-5H3/b10-8-,11-9-,16-14-,17-15-,22-20-,23-21-,28-26-,29-27-. The number of likely N-dealkylation sites (N-methyl/N-ethyl adjacent to an activating group) is 1. The molecular weight excluding hydrogens is 1100 g/mol. The third-order valence-corrected chi connectivity index (χ3v) is 16.3. The Labute approximate surface area is 550 Å². The summed E-state index contributed by atoms with van der Waals surface area (Å²) in [6, 6.07) is 0. The Morgan fingerprint density at radius 1 is 0.337 bits per heavy atom. The highest BCUT2D eigenvalue weighted by Crippen LogP contribution is 2.19. The summed E-state index contributed by atoms with van der Waals surface area (Å²) < 4.78 is 22.9. The maximum absolute atomic E-state index is 13.0. The highest BCUT2D eigenvalue weighted by molar-refractivity contribution is 5.70. The summed E-state index contributed by atoms with van der Waals surface area (Å²) in [6.45, 7) is 4.57. The van der Waals surface area contributed by atoms with E-state index in [0.29, 0.717) is 23.9 Å². The number of esters is 2. The van der Waals surface area contributed by atoms with Crippen molar-refractivity contribution >= 4 is 17.9 Å². The molecule has 89 heavy (non-hydrogen) atoms. The Hall–Kier alpha value is -3.79. The van der Waals surface area contributed by atoms with E-state index in [9.17, 15) is 19.5 Å². The number of rotatable bonds is 69. The molecule has 0 aliphatic heterocycles. The van der Waals surface area contributed by atoms with Gasteiger partial charge in [-0.05, 0) is 89.9 Å². The fourth-order valence-electron chi connectivity index (χ4n) is 10.7. The van der Waals surface area contributed by atoms with E-state index in [2.05, 4.69) is 111 Å². The SMILES string of the molecule is CC/C=C\C/C=C\C/C=C\C/C=C\CCCCCCCCCCCCCCCCCCCCCCC(=O)OC(COC(=O)CCCCCCCCCCCCCCCCCCCC/C=C\C/C=C\C/C=C\C/C=C\CC)COC(OCC[N+](C)(C)C)C(=O)[O-]. The first-order valence-corrected chi connectivity index (χ1v) is 37.4. The molecule has 0 aromatic carbocycles. The number of aliphatic carboxylic acids is 1. The van der Waals surface area contributed by atoms with Crippen LogP contribution in [0, 0.1) is 0 Å². The van der Waals surface area contributed by atoms with Gasteiger partial charge in [-0.15, -0.1) is 0 Å². The number of unbranched alkanes of at least 4 members (excludes halogenated alkanes) is 38. The first kappa shape index (κ1) is 85.2. The minimum atomic E-state index is -1.62. The molecule has 9 nitrogen and oxygen atoms in total. The second-order valence-corrected chi connectivity index (χ2v) is 26.2. The van der Waals surface area contributed by atoms with E-state index in [-0.39, 0.29) is 32.2 Å². The van der Waals surface area contributed by atoms with Crippen LogP contribution in [-0.2, 0) is 33.3 Å². The lowest BCUT2D eigenvalue weighted by Crippen LogP contribution is -2.44. The first-order valence-electron chi connectivity index (χ1n) is 37.4. The molecule has 514 valence electrons. The van der Waals surface area contributed by atoms with Gasteiger partial charge in [-0.3, -0.25) is 9.59 Å². The lowest BCUT2D eigenvalue weighted by Gasteiger charge is -2.26. The zero-order valence-corrected chi connectivity index (χ0v) is 58.8. The summed E-state index contributed by atoms with van der Waals surface area (Å²) in [4.78, 5) is 37.6. The van der Waals surface area contributed by atoms with Crippen LogP contribution in [0.25, 0.3) is 0 Å². The average Bonchev–Trinajstić information content (AvgIpc) is 3.64. The molecule has 0 aromatic rings. The molecule has 2 unspecified atom stereocenters. The van der Waals surface area contributed by atoms with E-state index in [1.165, 1.54) is 218 Å². The van der Waals surface area contributed by atoms with Gasteiger partial charge in [0, 0.05) is 12.8 Å². The lowest BCUT2D eigenvalue weighted by molar-refractivity contribution is -0.870. The Bertz CT molecular complexity index is 1790. The summed E-state index contributed by atoms with van der Waals surface area (Å²) >= 11 is 0. The van der Waals surface area contributed by atoms with Gasteiger partial charge < -0.3 is 33.3 Å². The van der Waals surface area contributed by atoms with Crippen molar-refractivity contribution in [2.45, 2.75) is 347 Å². The first-order chi connectivity index (χ1) is 43.6. The Kier molecular flexibility index (Phi) is 67.1. The van der Waals surface area contributed by atoms with Crippen LogP contribution in [0.1, 0.15) is 335 Å². The van der Waals surface area contributed by atoms with E-state index >= 15 is 0 Å². The van der Waals surface area contributed by atoms with Gasteiger partial charge in [0.2, 0.25) is 0 Å². The third-order valence-electron chi connectivity index (χ3n) is 16.3. The maximum Gasteiger partial charge on any atom is 0.306 e. The largest absolute Gasteiger partial charge is 0.545 e. The highest BCUT2D eigenvalue weighted by Gasteiger charge is 2.22. The van der Waals surface area contributed by atoms with Crippen molar-refractivity contribution in [3.05, 3.63) is 97.2 Å². The summed E-state index contributed by atoms with van der Waals surface area (Å²) in [7, 11) is 5.94. The molecule has 0 saturated carbocycles. The predicted octanol–water partition coefficient (Wildman–Crippen LogP) is 22.3. The normalized spacial score (nSPS) is 13.2. The van der Waals surface area contributed by atoms with Crippen molar-refractivity contribution in [3.63, 3.8) is 0 Å². The fraction of sp³-hybridized carbons (Fsp3) is 0.762. The number of carbonyl (C=O) groups excluding carboxylic acids is 3. The molecule has 0 aliphatic rings. The van der Waals surface area contributed by atoms with Gasteiger partial charge in [0.25, 0.3) is 0 Å². The number of ether oxygens (including phenoxy) is 4. The molecule has 2 atom stereocenters. The van der Waals surface area contributed by atoms with Gasteiger partial charge in [0.1, 0.15) is 13.2 Å². The molecule has 0 aliphatic carbocycles. The molecule has 0 spiro atoms. The van der Waals surface area contributed by atoms with E-state index in [0.717, 1.165) is 83.5 Å². The number of carboxylic acid groups (broad SMARTS) is 1. The quantitative estimate of drug-likeness (QED) is 0.0195. The average molecular weight is 1250 g/mol. The molecular formula is C80H141NO8. The topological polar surface area (TPSA) is 111 Å². The summed E-state index contributed by atoms with van der Waals surface area (Å²) in [5, 5.41) is 11.8. The monoisotopic (exact) mass is 1240 g/mol. The smallest absolute Gasteiger partial charge is 0.306 e. The van der Waals surface area contributed by atoms with Gasteiger partial charge >= 0.3 is 11.9 Å². The Morgan fingerprint density at radius 2 is 0.607 bits per heavy atom. The van der Waals surface area contributed by atoms with Crippen LogP contribution in [0.15, 0.2) is 97.2 Å². The molecule has 0 radical (unpaired) electrons. The van der Waals surface area contributed by atoms with Crippen LogP contribution >= 0.6 is 0 Å². The van der Waals surface area contributed by atoms with Crippen molar-refractivity contribution in [2.75, 3.05) is 47.5 Å². The summed E-state index contributed by atoms with van der Waals surface area (Å²) in [6.07, 6.45) is 93.7. The zero-order valence-electron chi connectivity index (χ0n) is 58.8. The second kappa shape index (κ2) is 70.1. The van der Waals surface area contributed by atoms with Crippen LogP contribution in [0.4, 0.5) is 0 Å². The van der Waals surface area contributed by atoms with Crippen LogP contribution in [0.2, 0.25) is 0 Å². The van der Waals surface area contributed by atoms with Crippen molar-refractivity contribution in [3.8, 4) is 0 Å². The van der Waals surface area contributed by atoms with E-state index < -0.39 is 24.3 Å². The van der Waals surface area contributed by atoms with Crippen LogP contribution in [-0.4, -0.2) is 82.3 Å². The number of carboxylic acids is 1. The van der Waals surface area contributed by atoms with Crippen LogP contribution < -0.4 is 5.11 Å².